The molecule has 2 aromatic rings. The van der Waals surface area contributed by atoms with E-state index in [0.717, 1.165) is 51.9 Å². The number of hydrogen-bond donors (Lipinski definition) is 0. The first-order chi connectivity index (χ1) is 13.0. The second kappa shape index (κ2) is 7.15. The summed E-state index contributed by atoms with van der Waals surface area (Å²) in [6.07, 6.45) is 2.63. The smallest absolute Gasteiger partial charge is 0.165 e. The zero-order valence-electron chi connectivity index (χ0n) is 15.6. The minimum absolute atomic E-state index is 0.0585. The highest BCUT2D eigenvalue weighted by molar-refractivity contribution is 9.10. The van der Waals surface area contributed by atoms with Crippen LogP contribution in [-0.2, 0) is 13.0 Å². The highest BCUT2D eigenvalue weighted by Gasteiger charge is 2.42. The van der Waals surface area contributed by atoms with E-state index >= 15 is 0 Å². The molecule has 2 heterocycles. The average Bonchev–Trinajstić information content (AvgIpc) is 3.26. The fourth-order valence-corrected chi connectivity index (χ4v) is 4.77. The summed E-state index contributed by atoms with van der Waals surface area (Å²) in [6.45, 7) is 5.24. The van der Waals surface area contributed by atoms with Crippen molar-refractivity contribution < 1.29 is 9.47 Å². The van der Waals surface area contributed by atoms with E-state index in [1.165, 1.54) is 0 Å². The number of hydrogen-bond acceptors (Lipinski definition) is 4. The van der Waals surface area contributed by atoms with E-state index in [1.54, 1.807) is 5.01 Å². The molecule has 1 fully saturated rings. The Kier molecular flexibility index (Phi) is 4.84. The number of ether oxygens (including phenoxy) is 2. The van der Waals surface area contributed by atoms with Gasteiger partial charge in [0.15, 0.2) is 11.5 Å². The van der Waals surface area contributed by atoms with Crippen molar-refractivity contribution in [3.8, 4) is 11.5 Å². The van der Waals surface area contributed by atoms with E-state index in [2.05, 4.69) is 35.1 Å². The second-order valence-corrected chi connectivity index (χ2v) is 8.54. The SMILES string of the molecule is CC1(C)CCC(c2cc(OCc3ccccc3)c3c(c2Br)CCO3)N1N=O. The first kappa shape index (κ1) is 18.3. The molecule has 2 aliphatic heterocycles. The molecule has 1 atom stereocenters. The Morgan fingerprint density at radius 3 is 2.85 bits per heavy atom. The normalized spacial score (nSPS) is 20.3. The molecule has 0 spiro atoms. The van der Waals surface area contributed by atoms with E-state index in [1.807, 2.05) is 36.4 Å². The molecule has 0 aliphatic carbocycles. The Hall–Kier alpha value is -2.08. The monoisotopic (exact) mass is 430 g/mol. The topological polar surface area (TPSA) is 51.1 Å². The molecule has 1 saturated heterocycles. The van der Waals surface area contributed by atoms with E-state index in [9.17, 15) is 4.91 Å². The van der Waals surface area contributed by atoms with Gasteiger partial charge in [-0.3, -0.25) is 0 Å². The van der Waals surface area contributed by atoms with Gasteiger partial charge in [-0.05, 0) is 43.9 Å². The van der Waals surface area contributed by atoms with Crippen LogP contribution < -0.4 is 9.47 Å². The Morgan fingerprint density at radius 1 is 1.33 bits per heavy atom. The highest BCUT2D eigenvalue weighted by Crippen LogP contribution is 2.50. The Morgan fingerprint density at radius 2 is 2.11 bits per heavy atom. The molecule has 0 aromatic heterocycles. The summed E-state index contributed by atoms with van der Waals surface area (Å²) in [7, 11) is 0. The van der Waals surface area contributed by atoms with Gasteiger partial charge in [-0.25, -0.2) is 5.01 Å². The van der Waals surface area contributed by atoms with Gasteiger partial charge in [-0.2, -0.15) is 0 Å². The van der Waals surface area contributed by atoms with Crippen LogP contribution in [0.25, 0.3) is 0 Å². The number of rotatable bonds is 5. The second-order valence-electron chi connectivity index (χ2n) is 7.75. The summed E-state index contributed by atoms with van der Waals surface area (Å²) in [5.74, 6) is 1.55. The van der Waals surface area contributed by atoms with Crippen molar-refractivity contribution in [2.45, 2.75) is 51.3 Å². The molecule has 4 rings (SSSR count). The molecular weight excluding hydrogens is 408 g/mol. The van der Waals surface area contributed by atoms with Crippen molar-refractivity contribution in [1.29, 1.82) is 0 Å². The minimum atomic E-state index is -0.244. The third-order valence-electron chi connectivity index (χ3n) is 5.53. The number of benzene rings is 2. The molecule has 0 amide bonds. The van der Waals surface area contributed by atoms with Gasteiger partial charge in [0.25, 0.3) is 0 Å². The third-order valence-corrected chi connectivity index (χ3v) is 6.47. The zero-order chi connectivity index (χ0) is 19.0. The number of halogens is 1. The highest BCUT2D eigenvalue weighted by atomic mass is 79.9. The number of fused-ring (bicyclic) bond motifs is 1. The van der Waals surface area contributed by atoms with E-state index in [4.69, 9.17) is 9.47 Å². The van der Waals surface area contributed by atoms with Crippen LogP contribution >= 0.6 is 15.9 Å². The molecule has 0 bridgehead atoms. The summed E-state index contributed by atoms with van der Waals surface area (Å²) in [5, 5.41) is 5.04. The molecule has 5 nitrogen and oxygen atoms in total. The molecule has 0 saturated carbocycles. The van der Waals surface area contributed by atoms with E-state index in [-0.39, 0.29) is 11.6 Å². The standard InChI is InChI=1S/C21H23BrN2O3/c1-21(2)10-8-17(24(21)23-25)16-12-18(20-15(19(16)22)9-11-26-20)27-13-14-6-4-3-5-7-14/h3-7,12,17H,8-11,13H2,1-2H3. The fraction of sp³-hybridized carbons (Fsp3) is 0.429. The van der Waals surface area contributed by atoms with Gasteiger partial charge in [0.2, 0.25) is 0 Å². The molecule has 0 radical (unpaired) electrons. The predicted molar refractivity (Wildman–Crippen MR) is 108 cm³/mol. The lowest BCUT2D eigenvalue weighted by Crippen LogP contribution is -2.35. The van der Waals surface area contributed by atoms with Crippen LogP contribution in [0.4, 0.5) is 0 Å². The van der Waals surface area contributed by atoms with Crippen molar-refractivity contribution in [2.75, 3.05) is 6.61 Å². The third kappa shape index (κ3) is 3.31. The Balaban J connectivity index is 1.70. The molecular formula is C21H23BrN2O3. The molecule has 2 aromatic carbocycles. The maximum Gasteiger partial charge on any atom is 0.165 e. The largest absolute Gasteiger partial charge is 0.489 e. The number of nitrogens with zero attached hydrogens (tertiary/aromatic N) is 2. The van der Waals surface area contributed by atoms with Gasteiger partial charge in [0, 0.05) is 16.5 Å². The zero-order valence-corrected chi connectivity index (χ0v) is 17.2. The average molecular weight is 431 g/mol. The van der Waals surface area contributed by atoms with Crippen LogP contribution in [0, 0.1) is 4.91 Å². The molecule has 1 unspecified atom stereocenters. The van der Waals surface area contributed by atoms with Crippen molar-refractivity contribution in [3.05, 3.63) is 62.5 Å². The summed E-state index contributed by atoms with van der Waals surface area (Å²) >= 11 is 3.76. The summed E-state index contributed by atoms with van der Waals surface area (Å²) in [6, 6.07) is 12.0. The van der Waals surface area contributed by atoms with Crippen LogP contribution in [0.1, 0.15) is 49.4 Å². The fourth-order valence-electron chi connectivity index (χ4n) is 4.02. The van der Waals surface area contributed by atoms with Gasteiger partial charge in [-0.1, -0.05) is 46.3 Å². The molecule has 0 N–H and O–H groups in total. The Bertz CT molecular complexity index is 854. The molecule has 2 aliphatic rings. The van der Waals surface area contributed by atoms with E-state index < -0.39 is 0 Å². The maximum atomic E-state index is 11.6. The summed E-state index contributed by atoms with van der Waals surface area (Å²) < 4.78 is 13.0. The lowest BCUT2D eigenvalue weighted by atomic mass is 9.99. The van der Waals surface area contributed by atoms with Crippen LogP contribution in [0.15, 0.2) is 46.2 Å². The lowest BCUT2D eigenvalue weighted by molar-refractivity contribution is 0.131. The van der Waals surface area contributed by atoms with Gasteiger partial charge in [0.05, 0.1) is 23.5 Å². The van der Waals surface area contributed by atoms with Gasteiger partial charge < -0.3 is 9.47 Å². The van der Waals surface area contributed by atoms with Gasteiger partial charge in [-0.15, -0.1) is 4.91 Å². The summed E-state index contributed by atoms with van der Waals surface area (Å²) in [5.41, 5.74) is 3.03. The van der Waals surface area contributed by atoms with Crippen LogP contribution in [0.2, 0.25) is 0 Å². The van der Waals surface area contributed by atoms with Gasteiger partial charge in [0.1, 0.15) is 6.61 Å². The van der Waals surface area contributed by atoms with Crippen LogP contribution in [0.5, 0.6) is 11.5 Å². The van der Waals surface area contributed by atoms with Crippen molar-refractivity contribution in [2.24, 2.45) is 5.29 Å². The molecule has 142 valence electrons. The van der Waals surface area contributed by atoms with Crippen LogP contribution in [-0.4, -0.2) is 17.2 Å². The summed E-state index contributed by atoms with van der Waals surface area (Å²) in [4.78, 5) is 11.6. The maximum absolute atomic E-state index is 11.6. The first-order valence-corrected chi connectivity index (χ1v) is 10.1. The van der Waals surface area contributed by atoms with Crippen molar-refractivity contribution in [1.82, 2.24) is 5.01 Å². The predicted octanol–water partition coefficient (Wildman–Crippen LogP) is 5.56. The van der Waals surface area contributed by atoms with E-state index in [0.29, 0.717) is 13.2 Å². The first-order valence-electron chi connectivity index (χ1n) is 9.28. The minimum Gasteiger partial charge on any atom is -0.489 e. The lowest BCUT2D eigenvalue weighted by Gasteiger charge is -2.31. The number of nitroso groups, excluding NO2 is 1. The van der Waals surface area contributed by atoms with Crippen molar-refractivity contribution in [3.63, 3.8) is 0 Å². The van der Waals surface area contributed by atoms with Crippen LogP contribution in [0.3, 0.4) is 0 Å². The molecule has 6 heteroatoms. The van der Waals surface area contributed by atoms with Crippen molar-refractivity contribution >= 4 is 15.9 Å². The quantitative estimate of drug-likeness (QED) is 0.582. The Labute approximate surface area is 167 Å². The van der Waals surface area contributed by atoms with Gasteiger partial charge >= 0.3 is 0 Å². The molecule has 27 heavy (non-hydrogen) atoms.